The molecule has 1 aromatic carbocycles. The third kappa shape index (κ3) is 7.38. The number of thioether (sulfide) groups is 1. The van der Waals surface area contributed by atoms with Crippen LogP contribution in [0, 0.1) is 0 Å². The van der Waals surface area contributed by atoms with E-state index in [1.807, 2.05) is 36.0 Å². The predicted octanol–water partition coefficient (Wildman–Crippen LogP) is 2.94. The largest absolute Gasteiger partial charge is 0.497 e. The minimum Gasteiger partial charge on any atom is -0.497 e. The van der Waals surface area contributed by atoms with Crippen molar-refractivity contribution in [3.63, 3.8) is 0 Å². The summed E-state index contributed by atoms with van der Waals surface area (Å²) in [7, 11) is 1.62. The number of methoxy groups -OCH3 is 1. The molecule has 0 aliphatic rings. The maximum Gasteiger partial charge on any atom is 0.123 e. The second-order valence-electron chi connectivity index (χ2n) is 6.12. The first kappa shape index (κ1) is 19.1. The van der Waals surface area contributed by atoms with Gasteiger partial charge in [0.2, 0.25) is 0 Å². The lowest BCUT2D eigenvalue weighted by Crippen LogP contribution is -2.39. The Balaban J connectivity index is 2.29. The Labute approximate surface area is 138 Å². The molecule has 0 saturated carbocycles. The second-order valence-corrected chi connectivity index (χ2v) is 7.63. The molecule has 0 radical (unpaired) electrons. The summed E-state index contributed by atoms with van der Waals surface area (Å²) in [6, 6.07) is 7.75. The molecule has 4 nitrogen and oxygen atoms in total. The van der Waals surface area contributed by atoms with Crippen molar-refractivity contribution in [2.45, 2.75) is 44.1 Å². The molecule has 126 valence electrons. The number of ether oxygens (including phenoxy) is 2. The highest BCUT2D eigenvalue weighted by atomic mass is 32.2. The third-order valence-electron chi connectivity index (χ3n) is 3.54. The van der Waals surface area contributed by atoms with Gasteiger partial charge in [0.1, 0.15) is 24.2 Å². The Kier molecular flexibility index (Phi) is 8.07. The van der Waals surface area contributed by atoms with Gasteiger partial charge in [0, 0.05) is 23.4 Å². The predicted molar refractivity (Wildman–Crippen MR) is 94.2 cm³/mol. The van der Waals surface area contributed by atoms with E-state index in [1.165, 1.54) is 0 Å². The third-order valence-corrected chi connectivity index (χ3v) is 4.81. The molecule has 2 atom stereocenters. The highest BCUT2D eigenvalue weighted by molar-refractivity contribution is 7.99. The van der Waals surface area contributed by atoms with Crippen LogP contribution in [-0.4, -0.2) is 48.5 Å². The first-order chi connectivity index (χ1) is 10.4. The van der Waals surface area contributed by atoms with Gasteiger partial charge in [-0.25, -0.2) is 0 Å². The molecule has 0 aliphatic heterocycles. The molecule has 22 heavy (non-hydrogen) atoms. The standard InChI is InChI=1S/C17H29NO3S/c1-13(10-17(2,3)22-5)18-11-14(19)12-21-16-8-6-7-15(9-16)20-4/h6-9,13-14,18-19H,10-12H2,1-5H3/t13-,14-/m1/s1. The number of hydrogen-bond donors (Lipinski definition) is 2. The number of benzene rings is 1. The van der Waals surface area contributed by atoms with Gasteiger partial charge in [-0.05, 0) is 31.7 Å². The van der Waals surface area contributed by atoms with Crippen molar-refractivity contribution in [1.82, 2.24) is 5.32 Å². The molecule has 1 rings (SSSR count). The van der Waals surface area contributed by atoms with E-state index in [0.717, 1.165) is 12.2 Å². The van der Waals surface area contributed by atoms with Gasteiger partial charge in [-0.2, -0.15) is 11.8 Å². The molecular formula is C17H29NO3S. The van der Waals surface area contributed by atoms with E-state index in [2.05, 4.69) is 32.3 Å². The van der Waals surface area contributed by atoms with E-state index >= 15 is 0 Å². The summed E-state index contributed by atoms with van der Waals surface area (Å²) in [5.74, 6) is 1.45. The number of hydrogen-bond acceptors (Lipinski definition) is 5. The highest BCUT2D eigenvalue weighted by Crippen LogP contribution is 2.26. The van der Waals surface area contributed by atoms with E-state index in [-0.39, 0.29) is 11.4 Å². The SMILES string of the molecule is COc1cccc(OC[C@H](O)CN[C@H](C)CC(C)(C)SC)c1. The minimum absolute atomic E-state index is 0.245. The average molecular weight is 327 g/mol. The van der Waals surface area contributed by atoms with Crippen LogP contribution in [0.3, 0.4) is 0 Å². The molecule has 0 fully saturated rings. The quantitative estimate of drug-likeness (QED) is 0.692. The van der Waals surface area contributed by atoms with Crippen LogP contribution < -0.4 is 14.8 Å². The minimum atomic E-state index is -0.536. The van der Waals surface area contributed by atoms with E-state index in [4.69, 9.17) is 9.47 Å². The Morgan fingerprint density at radius 1 is 1.32 bits per heavy atom. The van der Waals surface area contributed by atoms with Gasteiger partial charge in [0.25, 0.3) is 0 Å². The molecule has 0 aliphatic carbocycles. The molecule has 1 aromatic rings. The maximum atomic E-state index is 10.0. The van der Waals surface area contributed by atoms with Crippen molar-refractivity contribution >= 4 is 11.8 Å². The van der Waals surface area contributed by atoms with Crippen LogP contribution in [0.5, 0.6) is 11.5 Å². The smallest absolute Gasteiger partial charge is 0.123 e. The molecule has 0 unspecified atom stereocenters. The van der Waals surface area contributed by atoms with Gasteiger partial charge in [-0.3, -0.25) is 0 Å². The summed E-state index contributed by atoms with van der Waals surface area (Å²) in [5, 5.41) is 13.4. The second kappa shape index (κ2) is 9.28. The van der Waals surface area contributed by atoms with Crippen LogP contribution in [0.4, 0.5) is 0 Å². The fraction of sp³-hybridized carbons (Fsp3) is 0.647. The molecule has 5 heteroatoms. The Hall–Kier alpha value is -0.910. The van der Waals surface area contributed by atoms with Crippen molar-refractivity contribution in [2.24, 2.45) is 0 Å². The first-order valence-electron chi connectivity index (χ1n) is 7.59. The summed E-state index contributed by atoms with van der Waals surface area (Å²) in [6.45, 7) is 7.40. The number of rotatable bonds is 10. The lowest BCUT2D eigenvalue weighted by molar-refractivity contribution is 0.103. The van der Waals surface area contributed by atoms with Crippen molar-refractivity contribution in [1.29, 1.82) is 0 Å². The van der Waals surface area contributed by atoms with E-state index in [0.29, 0.717) is 18.3 Å². The Morgan fingerprint density at radius 2 is 2.00 bits per heavy atom. The van der Waals surface area contributed by atoms with Crippen molar-refractivity contribution in [3.8, 4) is 11.5 Å². The average Bonchev–Trinajstić information content (AvgIpc) is 2.50. The zero-order valence-electron chi connectivity index (χ0n) is 14.3. The summed E-state index contributed by atoms with van der Waals surface area (Å²) in [4.78, 5) is 0. The number of nitrogens with one attached hydrogen (secondary N) is 1. The summed E-state index contributed by atoms with van der Waals surface area (Å²) in [5.41, 5.74) is 0. The van der Waals surface area contributed by atoms with Crippen molar-refractivity contribution in [2.75, 3.05) is 26.5 Å². The lowest BCUT2D eigenvalue weighted by Gasteiger charge is -2.27. The van der Waals surface area contributed by atoms with Crippen LogP contribution >= 0.6 is 11.8 Å². The molecule has 0 bridgehead atoms. The molecule has 0 saturated heterocycles. The van der Waals surface area contributed by atoms with Crippen LogP contribution in [0.25, 0.3) is 0 Å². The summed E-state index contributed by atoms with van der Waals surface area (Å²) in [6.07, 6.45) is 2.65. The number of aliphatic hydroxyl groups is 1. The van der Waals surface area contributed by atoms with E-state index in [9.17, 15) is 5.11 Å². The van der Waals surface area contributed by atoms with Crippen molar-refractivity contribution in [3.05, 3.63) is 24.3 Å². The van der Waals surface area contributed by atoms with Gasteiger partial charge < -0.3 is 19.9 Å². The summed E-state index contributed by atoms with van der Waals surface area (Å²) >= 11 is 1.86. The van der Waals surface area contributed by atoms with Crippen LogP contribution in [0.2, 0.25) is 0 Å². The van der Waals surface area contributed by atoms with Crippen LogP contribution in [0.1, 0.15) is 27.2 Å². The Bertz CT molecular complexity index is 440. The van der Waals surface area contributed by atoms with Gasteiger partial charge in [-0.15, -0.1) is 0 Å². The molecule has 0 heterocycles. The van der Waals surface area contributed by atoms with Crippen LogP contribution in [0.15, 0.2) is 24.3 Å². The summed E-state index contributed by atoms with van der Waals surface area (Å²) < 4.78 is 11.0. The fourth-order valence-electron chi connectivity index (χ4n) is 2.17. The first-order valence-corrected chi connectivity index (χ1v) is 8.82. The molecule has 0 aromatic heterocycles. The van der Waals surface area contributed by atoms with E-state index < -0.39 is 6.10 Å². The normalized spacial score (nSPS) is 14.5. The fourth-order valence-corrected chi connectivity index (χ4v) is 2.59. The molecule has 2 N–H and O–H groups in total. The number of aliphatic hydroxyl groups excluding tert-OH is 1. The molecule has 0 spiro atoms. The zero-order chi connectivity index (χ0) is 16.6. The molecular weight excluding hydrogens is 298 g/mol. The van der Waals surface area contributed by atoms with Gasteiger partial charge >= 0.3 is 0 Å². The van der Waals surface area contributed by atoms with Crippen molar-refractivity contribution < 1.29 is 14.6 Å². The van der Waals surface area contributed by atoms with Gasteiger partial charge in [-0.1, -0.05) is 19.9 Å². The molecule has 0 amide bonds. The monoisotopic (exact) mass is 327 g/mol. The highest BCUT2D eigenvalue weighted by Gasteiger charge is 2.20. The van der Waals surface area contributed by atoms with Gasteiger partial charge in [0.15, 0.2) is 0 Å². The van der Waals surface area contributed by atoms with Crippen LogP contribution in [-0.2, 0) is 0 Å². The zero-order valence-corrected chi connectivity index (χ0v) is 15.1. The maximum absolute atomic E-state index is 10.0. The topological polar surface area (TPSA) is 50.7 Å². The van der Waals surface area contributed by atoms with E-state index in [1.54, 1.807) is 7.11 Å². The Morgan fingerprint density at radius 3 is 2.64 bits per heavy atom. The lowest BCUT2D eigenvalue weighted by atomic mass is 10.0. The van der Waals surface area contributed by atoms with Gasteiger partial charge in [0.05, 0.1) is 7.11 Å².